The molecule has 0 radical (unpaired) electrons. The summed E-state index contributed by atoms with van der Waals surface area (Å²) in [6, 6.07) is 10.5. The van der Waals surface area contributed by atoms with Crippen molar-refractivity contribution in [2.24, 2.45) is 0 Å². The van der Waals surface area contributed by atoms with Gasteiger partial charge in [0.25, 0.3) is 0 Å². The van der Waals surface area contributed by atoms with Crippen LogP contribution >= 0.6 is 0 Å². The maximum absolute atomic E-state index is 5.31. The summed E-state index contributed by atoms with van der Waals surface area (Å²) in [5.41, 5.74) is 1.35. The Morgan fingerprint density at radius 2 is 1.72 bits per heavy atom. The summed E-state index contributed by atoms with van der Waals surface area (Å²) in [6.45, 7) is 7.06. The van der Waals surface area contributed by atoms with Crippen molar-refractivity contribution in [1.82, 2.24) is 10.2 Å². The third kappa shape index (κ3) is 6.57. The molecule has 5 heteroatoms. The second kappa shape index (κ2) is 10.6. The van der Waals surface area contributed by atoms with E-state index in [1.165, 1.54) is 5.56 Å². The normalized spacial score (nSPS) is 15.6. The lowest BCUT2D eigenvalue weighted by Crippen LogP contribution is -3.00. The van der Waals surface area contributed by atoms with Gasteiger partial charge in [0.1, 0.15) is 0 Å². The first-order valence-corrected chi connectivity index (χ1v) is 6.00. The van der Waals surface area contributed by atoms with Gasteiger partial charge in [-0.3, -0.25) is 4.90 Å². The van der Waals surface area contributed by atoms with E-state index < -0.39 is 0 Å². The van der Waals surface area contributed by atoms with Gasteiger partial charge in [0.15, 0.2) is 0 Å². The molecule has 1 fully saturated rings. The van der Waals surface area contributed by atoms with Gasteiger partial charge >= 0.3 is 0 Å². The zero-order valence-corrected chi connectivity index (χ0v) is 12.0. The van der Waals surface area contributed by atoms with Crippen molar-refractivity contribution in [3.8, 4) is 0 Å². The molecular weight excluding hydrogens is 271 g/mol. The van der Waals surface area contributed by atoms with Crippen molar-refractivity contribution in [3.63, 3.8) is 0 Å². The molecule has 0 saturated carbocycles. The lowest BCUT2D eigenvalue weighted by molar-refractivity contribution is -0.00100. The topological polar surface area (TPSA) is 24.5 Å². The van der Waals surface area contributed by atoms with E-state index >= 15 is 0 Å². The van der Waals surface area contributed by atoms with Crippen molar-refractivity contribution in [3.05, 3.63) is 35.9 Å². The number of halogens is 2. The monoisotopic (exact) mass is 290 g/mol. The van der Waals surface area contributed by atoms with Gasteiger partial charge in [0.2, 0.25) is 0 Å². The number of nitrogens with one attached hydrogen (secondary N) is 1. The standard InChI is InChI=1S/C13H20N2O.2ClH/c1-2-4-13(5-3-1)12-14-6-7-15-8-10-16-11-9-15;;/h1-5,14H,6-12H2;2*1H/p-2. The van der Waals surface area contributed by atoms with Crippen molar-refractivity contribution >= 4 is 0 Å². The molecule has 1 aliphatic heterocycles. The lowest BCUT2D eigenvalue weighted by Gasteiger charge is -2.26. The molecule has 0 aliphatic carbocycles. The van der Waals surface area contributed by atoms with Crippen LogP contribution < -0.4 is 30.1 Å². The van der Waals surface area contributed by atoms with Crippen molar-refractivity contribution < 1.29 is 29.6 Å². The zero-order chi connectivity index (χ0) is 11.1. The van der Waals surface area contributed by atoms with Crippen LogP contribution in [0.3, 0.4) is 0 Å². The van der Waals surface area contributed by atoms with Gasteiger partial charge in [0, 0.05) is 32.7 Å². The molecule has 2 rings (SSSR count). The first-order valence-electron chi connectivity index (χ1n) is 6.00. The summed E-state index contributed by atoms with van der Waals surface area (Å²) in [6.07, 6.45) is 0. The van der Waals surface area contributed by atoms with E-state index in [2.05, 4.69) is 40.5 Å². The molecule has 0 unspecified atom stereocenters. The van der Waals surface area contributed by atoms with E-state index in [0.29, 0.717) is 0 Å². The largest absolute Gasteiger partial charge is 1.00 e. The highest BCUT2D eigenvalue weighted by molar-refractivity contribution is 5.14. The van der Waals surface area contributed by atoms with E-state index in [-0.39, 0.29) is 24.8 Å². The van der Waals surface area contributed by atoms with Crippen LogP contribution in [0.4, 0.5) is 0 Å². The highest BCUT2D eigenvalue weighted by atomic mass is 35.5. The van der Waals surface area contributed by atoms with Crippen LogP contribution in [0.5, 0.6) is 0 Å². The third-order valence-corrected chi connectivity index (χ3v) is 2.88. The second-order valence-corrected chi connectivity index (χ2v) is 4.12. The average Bonchev–Trinajstić information content (AvgIpc) is 2.37. The molecule has 1 aromatic rings. The van der Waals surface area contributed by atoms with Gasteiger partial charge in [-0.15, -0.1) is 0 Å². The van der Waals surface area contributed by atoms with E-state index in [9.17, 15) is 0 Å². The number of hydrogen-bond donors (Lipinski definition) is 1. The smallest absolute Gasteiger partial charge is 0.0594 e. The van der Waals surface area contributed by atoms with Gasteiger partial charge in [-0.05, 0) is 5.56 Å². The van der Waals surface area contributed by atoms with Gasteiger partial charge in [-0.1, -0.05) is 30.3 Å². The molecule has 3 nitrogen and oxygen atoms in total. The predicted molar refractivity (Wildman–Crippen MR) is 65.4 cm³/mol. The van der Waals surface area contributed by atoms with Crippen LogP contribution in [0.1, 0.15) is 5.56 Å². The number of benzene rings is 1. The Bertz CT molecular complexity index is 292. The second-order valence-electron chi connectivity index (χ2n) is 4.12. The zero-order valence-electron chi connectivity index (χ0n) is 10.4. The number of morpholine rings is 1. The Balaban J connectivity index is 0.00000144. The lowest BCUT2D eigenvalue weighted by atomic mass is 10.2. The van der Waals surface area contributed by atoms with E-state index in [1.807, 2.05) is 0 Å². The summed E-state index contributed by atoms with van der Waals surface area (Å²) < 4.78 is 5.31. The van der Waals surface area contributed by atoms with Crippen LogP contribution in [0.2, 0.25) is 0 Å². The number of hydrogen-bond acceptors (Lipinski definition) is 3. The molecule has 1 saturated heterocycles. The molecule has 1 heterocycles. The number of rotatable bonds is 5. The fourth-order valence-electron chi connectivity index (χ4n) is 1.89. The van der Waals surface area contributed by atoms with Crippen LogP contribution in [0, 0.1) is 0 Å². The summed E-state index contributed by atoms with van der Waals surface area (Å²) in [4.78, 5) is 2.45. The molecular formula is C13H20Cl2N2O-2. The maximum atomic E-state index is 5.31. The molecule has 18 heavy (non-hydrogen) atoms. The van der Waals surface area contributed by atoms with Crippen LogP contribution in [-0.4, -0.2) is 44.3 Å². The molecule has 104 valence electrons. The Labute approximate surface area is 122 Å². The molecule has 1 N–H and O–H groups in total. The fourth-order valence-corrected chi connectivity index (χ4v) is 1.89. The Morgan fingerprint density at radius 1 is 1.06 bits per heavy atom. The minimum Gasteiger partial charge on any atom is -1.00 e. The Morgan fingerprint density at radius 3 is 2.39 bits per heavy atom. The third-order valence-electron chi connectivity index (χ3n) is 2.88. The van der Waals surface area contributed by atoms with E-state index in [4.69, 9.17) is 4.74 Å². The van der Waals surface area contributed by atoms with Crippen LogP contribution in [0.15, 0.2) is 30.3 Å². The Kier molecular flexibility index (Phi) is 10.4. The summed E-state index contributed by atoms with van der Waals surface area (Å²) in [7, 11) is 0. The van der Waals surface area contributed by atoms with Gasteiger partial charge in [-0.2, -0.15) is 0 Å². The molecule has 1 aromatic carbocycles. The van der Waals surface area contributed by atoms with Crippen LogP contribution in [-0.2, 0) is 11.3 Å². The SMILES string of the molecule is [Cl-].[Cl-].c1ccc(CNCCN2CCOCC2)cc1. The Hall–Kier alpha value is -0.320. The summed E-state index contributed by atoms with van der Waals surface area (Å²) in [5, 5.41) is 3.47. The highest BCUT2D eigenvalue weighted by Crippen LogP contribution is 1.98. The first-order chi connectivity index (χ1) is 7.95. The number of nitrogens with zero attached hydrogens (tertiary/aromatic N) is 1. The van der Waals surface area contributed by atoms with Gasteiger partial charge in [0.05, 0.1) is 13.2 Å². The van der Waals surface area contributed by atoms with Crippen molar-refractivity contribution in [1.29, 1.82) is 0 Å². The minimum atomic E-state index is 0. The summed E-state index contributed by atoms with van der Waals surface area (Å²) >= 11 is 0. The van der Waals surface area contributed by atoms with Crippen molar-refractivity contribution in [2.75, 3.05) is 39.4 Å². The number of ether oxygens (including phenoxy) is 1. The van der Waals surface area contributed by atoms with Crippen LogP contribution in [0.25, 0.3) is 0 Å². The summed E-state index contributed by atoms with van der Waals surface area (Å²) in [5.74, 6) is 0. The van der Waals surface area contributed by atoms with E-state index in [1.54, 1.807) is 0 Å². The quantitative estimate of drug-likeness (QED) is 0.551. The molecule has 0 bridgehead atoms. The van der Waals surface area contributed by atoms with E-state index in [0.717, 1.165) is 45.9 Å². The highest BCUT2D eigenvalue weighted by Gasteiger charge is 2.08. The average molecular weight is 291 g/mol. The fraction of sp³-hybridized carbons (Fsp3) is 0.538. The van der Waals surface area contributed by atoms with Gasteiger partial charge < -0.3 is 34.9 Å². The first kappa shape index (κ1) is 17.7. The molecule has 0 spiro atoms. The van der Waals surface area contributed by atoms with Crippen molar-refractivity contribution in [2.45, 2.75) is 6.54 Å². The van der Waals surface area contributed by atoms with Gasteiger partial charge in [-0.25, -0.2) is 0 Å². The molecule has 0 amide bonds. The minimum absolute atomic E-state index is 0. The molecule has 1 aliphatic rings. The molecule has 0 atom stereocenters. The maximum Gasteiger partial charge on any atom is 0.0594 e. The molecule has 0 aromatic heterocycles. The predicted octanol–water partition coefficient (Wildman–Crippen LogP) is -4.88.